The topological polar surface area (TPSA) is 64.1 Å². The summed E-state index contributed by atoms with van der Waals surface area (Å²) in [6.45, 7) is 0. The summed E-state index contributed by atoms with van der Waals surface area (Å²) in [4.78, 5) is 19.5. The molecule has 2 rings (SSSR count). The van der Waals surface area contributed by atoms with Gasteiger partial charge in [0, 0.05) is 5.69 Å². The summed E-state index contributed by atoms with van der Waals surface area (Å²) in [7, 11) is 1.58. The summed E-state index contributed by atoms with van der Waals surface area (Å²) in [5, 5.41) is 2.94. The Morgan fingerprint density at radius 2 is 1.94 bits per heavy atom. The molecule has 1 heterocycles. The smallest absolute Gasteiger partial charge is 0.275 e. The molecule has 0 spiro atoms. The van der Waals surface area contributed by atoms with Crippen LogP contribution in [0.25, 0.3) is 0 Å². The highest BCUT2D eigenvalue weighted by atomic mass is 35.5. The summed E-state index contributed by atoms with van der Waals surface area (Å²) >= 11 is 5.59. The lowest BCUT2D eigenvalue weighted by Gasteiger charge is -2.05. The Hall–Kier alpha value is -2.14. The van der Waals surface area contributed by atoms with Crippen LogP contribution in [0.4, 0.5) is 5.69 Å². The Morgan fingerprint density at radius 3 is 2.50 bits per heavy atom. The summed E-state index contributed by atoms with van der Waals surface area (Å²) in [6, 6.07) is 6.98. The molecule has 6 heteroatoms. The molecular formula is C12H10ClN3O2. The van der Waals surface area contributed by atoms with Crippen molar-refractivity contribution in [2.45, 2.75) is 0 Å². The maximum absolute atomic E-state index is 11.8. The first-order valence-corrected chi connectivity index (χ1v) is 5.50. The fourth-order valence-electron chi connectivity index (χ4n) is 1.30. The van der Waals surface area contributed by atoms with E-state index < -0.39 is 0 Å². The Bertz CT molecular complexity index is 540. The number of amides is 1. The number of aromatic nitrogens is 2. The molecule has 5 nitrogen and oxygen atoms in total. The van der Waals surface area contributed by atoms with Crippen LogP contribution >= 0.6 is 11.6 Å². The number of nitrogens with one attached hydrogen (secondary N) is 1. The number of rotatable bonds is 3. The first-order valence-electron chi connectivity index (χ1n) is 5.12. The van der Waals surface area contributed by atoms with Gasteiger partial charge in [0.15, 0.2) is 0 Å². The van der Waals surface area contributed by atoms with Crippen molar-refractivity contribution >= 4 is 23.2 Å². The molecule has 1 aromatic heterocycles. The second-order valence-corrected chi connectivity index (χ2v) is 3.79. The molecule has 2 aromatic rings. The minimum atomic E-state index is -0.343. The summed E-state index contributed by atoms with van der Waals surface area (Å²) in [6.07, 6.45) is 2.64. The largest absolute Gasteiger partial charge is 0.497 e. The van der Waals surface area contributed by atoms with E-state index in [-0.39, 0.29) is 16.8 Å². The molecule has 1 aromatic carbocycles. The molecular weight excluding hydrogens is 254 g/mol. The van der Waals surface area contributed by atoms with Gasteiger partial charge in [-0.15, -0.1) is 0 Å². The van der Waals surface area contributed by atoms with Crippen molar-refractivity contribution in [1.82, 2.24) is 9.97 Å². The average Bonchev–Trinajstić information content (AvgIpc) is 2.40. The first kappa shape index (κ1) is 12.3. The van der Waals surface area contributed by atoms with E-state index in [4.69, 9.17) is 16.3 Å². The molecule has 0 aliphatic rings. The molecule has 0 fully saturated rings. The molecule has 0 aliphatic heterocycles. The van der Waals surface area contributed by atoms with Crippen LogP contribution in [0.5, 0.6) is 5.75 Å². The van der Waals surface area contributed by atoms with E-state index in [1.54, 1.807) is 31.4 Å². The van der Waals surface area contributed by atoms with Crippen molar-refractivity contribution in [3.63, 3.8) is 0 Å². The zero-order chi connectivity index (χ0) is 13.0. The van der Waals surface area contributed by atoms with Crippen LogP contribution in [-0.4, -0.2) is 23.0 Å². The predicted molar refractivity (Wildman–Crippen MR) is 68.0 cm³/mol. The maximum Gasteiger partial charge on any atom is 0.275 e. The standard InChI is InChI=1S/C12H10ClN3O2/c1-18-9-4-2-8(3-5-9)16-12(17)10-6-15-11(13)7-14-10/h2-7H,1H3,(H,16,17). The zero-order valence-electron chi connectivity index (χ0n) is 9.55. The molecule has 0 aliphatic carbocycles. The first-order chi connectivity index (χ1) is 8.69. The Labute approximate surface area is 109 Å². The van der Waals surface area contributed by atoms with E-state index in [1.807, 2.05) is 0 Å². The molecule has 0 bridgehead atoms. The normalized spacial score (nSPS) is 9.89. The van der Waals surface area contributed by atoms with E-state index >= 15 is 0 Å². The lowest BCUT2D eigenvalue weighted by molar-refractivity contribution is 0.102. The monoisotopic (exact) mass is 263 g/mol. The van der Waals surface area contributed by atoms with Crippen molar-refractivity contribution in [3.05, 3.63) is 47.5 Å². The van der Waals surface area contributed by atoms with E-state index in [0.29, 0.717) is 5.69 Å². The van der Waals surface area contributed by atoms with Gasteiger partial charge in [-0.25, -0.2) is 9.97 Å². The molecule has 0 saturated heterocycles. The Balaban J connectivity index is 2.08. The van der Waals surface area contributed by atoms with Crippen molar-refractivity contribution in [2.75, 3.05) is 12.4 Å². The Morgan fingerprint density at radius 1 is 1.22 bits per heavy atom. The van der Waals surface area contributed by atoms with Gasteiger partial charge in [-0.1, -0.05) is 11.6 Å². The highest BCUT2D eigenvalue weighted by Gasteiger charge is 2.08. The second kappa shape index (κ2) is 5.46. The molecule has 92 valence electrons. The average molecular weight is 264 g/mol. The van der Waals surface area contributed by atoms with Crippen molar-refractivity contribution in [2.24, 2.45) is 0 Å². The minimum absolute atomic E-state index is 0.204. The fraction of sp³-hybridized carbons (Fsp3) is 0.0833. The molecule has 18 heavy (non-hydrogen) atoms. The fourth-order valence-corrected chi connectivity index (χ4v) is 1.40. The number of ether oxygens (including phenoxy) is 1. The van der Waals surface area contributed by atoms with Gasteiger partial charge < -0.3 is 10.1 Å². The van der Waals surface area contributed by atoms with E-state index in [1.165, 1.54) is 12.4 Å². The van der Waals surface area contributed by atoms with Gasteiger partial charge in [0.05, 0.1) is 19.5 Å². The van der Waals surface area contributed by atoms with Gasteiger partial charge in [-0.05, 0) is 24.3 Å². The highest BCUT2D eigenvalue weighted by Crippen LogP contribution is 2.15. The SMILES string of the molecule is COc1ccc(NC(=O)c2cnc(Cl)cn2)cc1. The molecule has 0 radical (unpaired) electrons. The van der Waals surface area contributed by atoms with Crippen LogP contribution in [0.1, 0.15) is 10.5 Å². The van der Waals surface area contributed by atoms with Crippen LogP contribution in [0.3, 0.4) is 0 Å². The quantitative estimate of drug-likeness (QED) is 0.923. The van der Waals surface area contributed by atoms with E-state index in [9.17, 15) is 4.79 Å². The molecule has 1 amide bonds. The van der Waals surface area contributed by atoms with Crippen LogP contribution < -0.4 is 10.1 Å². The number of hydrogen-bond donors (Lipinski definition) is 1. The third-order valence-corrected chi connectivity index (χ3v) is 2.40. The van der Waals surface area contributed by atoms with E-state index in [0.717, 1.165) is 5.75 Å². The minimum Gasteiger partial charge on any atom is -0.497 e. The van der Waals surface area contributed by atoms with Crippen LogP contribution in [0, 0.1) is 0 Å². The van der Waals surface area contributed by atoms with Gasteiger partial charge in [0.25, 0.3) is 5.91 Å². The number of carbonyl (C=O) groups excluding carboxylic acids is 1. The number of nitrogens with zero attached hydrogens (tertiary/aromatic N) is 2. The van der Waals surface area contributed by atoms with Gasteiger partial charge in [-0.2, -0.15) is 0 Å². The molecule has 0 saturated carbocycles. The van der Waals surface area contributed by atoms with Crippen LogP contribution in [-0.2, 0) is 0 Å². The number of hydrogen-bond acceptors (Lipinski definition) is 4. The van der Waals surface area contributed by atoms with Crippen molar-refractivity contribution < 1.29 is 9.53 Å². The van der Waals surface area contributed by atoms with Crippen LogP contribution in [0.15, 0.2) is 36.7 Å². The van der Waals surface area contributed by atoms with Crippen molar-refractivity contribution in [1.29, 1.82) is 0 Å². The van der Waals surface area contributed by atoms with Gasteiger partial charge in [0.1, 0.15) is 16.6 Å². The number of halogens is 1. The van der Waals surface area contributed by atoms with E-state index in [2.05, 4.69) is 15.3 Å². The van der Waals surface area contributed by atoms with Gasteiger partial charge in [-0.3, -0.25) is 4.79 Å². The molecule has 0 atom stereocenters. The summed E-state index contributed by atoms with van der Waals surface area (Å²) < 4.78 is 5.02. The molecule has 1 N–H and O–H groups in total. The zero-order valence-corrected chi connectivity index (χ0v) is 10.3. The maximum atomic E-state index is 11.8. The summed E-state index contributed by atoms with van der Waals surface area (Å²) in [5.74, 6) is 0.378. The van der Waals surface area contributed by atoms with Crippen LogP contribution in [0.2, 0.25) is 5.15 Å². The van der Waals surface area contributed by atoms with Crippen molar-refractivity contribution in [3.8, 4) is 5.75 Å². The molecule has 0 unspecified atom stereocenters. The summed E-state index contributed by atoms with van der Waals surface area (Å²) in [5.41, 5.74) is 0.854. The highest BCUT2D eigenvalue weighted by molar-refractivity contribution is 6.29. The number of methoxy groups -OCH3 is 1. The lowest BCUT2D eigenvalue weighted by Crippen LogP contribution is -2.13. The number of benzene rings is 1. The number of carbonyl (C=O) groups is 1. The lowest BCUT2D eigenvalue weighted by atomic mass is 10.3. The van der Waals surface area contributed by atoms with Gasteiger partial charge >= 0.3 is 0 Å². The predicted octanol–water partition coefficient (Wildman–Crippen LogP) is 2.39. The number of anilines is 1. The third-order valence-electron chi connectivity index (χ3n) is 2.20. The van der Waals surface area contributed by atoms with Gasteiger partial charge in [0.2, 0.25) is 0 Å². The Kier molecular flexibility index (Phi) is 3.74. The third kappa shape index (κ3) is 2.95. The second-order valence-electron chi connectivity index (χ2n) is 3.41.